The lowest BCUT2D eigenvalue weighted by Gasteiger charge is -2.27. The van der Waals surface area contributed by atoms with Gasteiger partial charge in [-0.05, 0) is 23.1 Å². The molecule has 0 aliphatic heterocycles. The summed E-state index contributed by atoms with van der Waals surface area (Å²) in [5.74, 6) is 0.981. The molecule has 0 saturated carbocycles. The van der Waals surface area contributed by atoms with E-state index in [4.69, 9.17) is 15.8 Å². The van der Waals surface area contributed by atoms with Crippen molar-refractivity contribution in [2.45, 2.75) is 46.2 Å². The van der Waals surface area contributed by atoms with Crippen LogP contribution in [0.25, 0.3) is 0 Å². The largest absolute Gasteiger partial charge is 0.497 e. The van der Waals surface area contributed by atoms with Crippen LogP contribution in [0.5, 0.6) is 5.75 Å². The van der Waals surface area contributed by atoms with Crippen LogP contribution in [-0.4, -0.2) is 14.5 Å². The van der Waals surface area contributed by atoms with Crippen LogP contribution in [0.15, 0.2) is 12.1 Å². The number of aryl methyl sites for hydroxylation is 1. The fraction of sp³-hybridized carbons (Fsp3) is 0.571. The molecule has 0 aliphatic carbocycles. The average molecular weight is 271 g/mol. The molecule has 0 unspecified atom stereocenters. The summed E-state index contributed by atoms with van der Waals surface area (Å²) in [4.78, 5) is 0. The Kier molecular flexibility index (Phi) is 4.00. The summed E-state index contributed by atoms with van der Waals surface area (Å²) in [6, 6.07) is 4.38. The molecular formula is C14H23ClOSi. The van der Waals surface area contributed by atoms with Gasteiger partial charge in [0, 0.05) is 0 Å². The van der Waals surface area contributed by atoms with Crippen LogP contribution >= 0.6 is 11.1 Å². The van der Waals surface area contributed by atoms with Crippen molar-refractivity contribution in [2.75, 3.05) is 7.11 Å². The highest BCUT2D eigenvalue weighted by atomic mass is 35.6. The minimum absolute atomic E-state index is 0.0721. The Morgan fingerprint density at radius 1 is 1.18 bits per heavy atom. The van der Waals surface area contributed by atoms with E-state index in [1.807, 2.05) is 0 Å². The fourth-order valence-corrected chi connectivity index (χ4v) is 3.76. The first-order valence-electron chi connectivity index (χ1n) is 5.96. The summed E-state index contributed by atoms with van der Waals surface area (Å²) in [6.45, 7) is 13.0. The Bertz CT molecular complexity index is 378. The maximum Gasteiger partial charge on any atom is 0.185 e. The van der Waals surface area contributed by atoms with Gasteiger partial charge >= 0.3 is 0 Å². The van der Waals surface area contributed by atoms with E-state index in [2.05, 4.69) is 52.9 Å². The van der Waals surface area contributed by atoms with Gasteiger partial charge in [-0.3, -0.25) is 0 Å². The van der Waals surface area contributed by atoms with Gasteiger partial charge in [0.15, 0.2) is 7.38 Å². The lowest BCUT2D eigenvalue weighted by atomic mass is 9.85. The molecule has 1 aromatic rings. The van der Waals surface area contributed by atoms with Gasteiger partial charge in [0.1, 0.15) is 5.75 Å². The maximum atomic E-state index is 6.60. The highest BCUT2D eigenvalue weighted by molar-refractivity contribution is 7.26. The van der Waals surface area contributed by atoms with Gasteiger partial charge in [-0.2, -0.15) is 11.1 Å². The zero-order valence-corrected chi connectivity index (χ0v) is 13.7. The first kappa shape index (κ1) is 14.6. The predicted molar refractivity (Wildman–Crippen MR) is 79.4 cm³/mol. The van der Waals surface area contributed by atoms with E-state index in [1.165, 1.54) is 16.3 Å². The van der Waals surface area contributed by atoms with Crippen LogP contribution in [0, 0.1) is 6.92 Å². The number of ether oxygens (including phenoxy) is 1. The molecule has 96 valence electrons. The molecule has 0 aromatic heterocycles. The number of rotatable bonds is 2. The second-order valence-corrected chi connectivity index (χ2v) is 12.4. The number of hydrogen-bond donors (Lipinski definition) is 0. The Labute approximate surface area is 111 Å². The molecule has 17 heavy (non-hydrogen) atoms. The molecule has 0 fully saturated rings. The van der Waals surface area contributed by atoms with E-state index in [9.17, 15) is 0 Å². The van der Waals surface area contributed by atoms with E-state index in [-0.39, 0.29) is 5.41 Å². The van der Waals surface area contributed by atoms with E-state index in [0.717, 1.165) is 5.75 Å². The third-order valence-corrected chi connectivity index (χ3v) is 5.15. The van der Waals surface area contributed by atoms with Crippen LogP contribution < -0.4 is 9.92 Å². The summed E-state index contributed by atoms with van der Waals surface area (Å²) in [5.41, 5.74) is 2.58. The first-order chi connectivity index (χ1) is 7.57. The Morgan fingerprint density at radius 3 is 2.06 bits per heavy atom. The Hall–Kier alpha value is -0.473. The third-order valence-electron chi connectivity index (χ3n) is 2.89. The van der Waals surface area contributed by atoms with Crippen LogP contribution in [0.4, 0.5) is 0 Å². The van der Waals surface area contributed by atoms with Crippen molar-refractivity contribution in [3.63, 3.8) is 0 Å². The topological polar surface area (TPSA) is 9.23 Å². The molecule has 0 bridgehead atoms. The number of hydrogen-bond acceptors (Lipinski definition) is 1. The van der Waals surface area contributed by atoms with Crippen molar-refractivity contribution in [2.24, 2.45) is 0 Å². The fourth-order valence-electron chi connectivity index (χ4n) is 1.99. The summed E-state index contributed by atoms with van der Waals surface area (Å²) >= 11 is 6.60. The number of methoxy groups -OCH3 is 1. The summed E-state index contributed by atoms with van der Waals surface area (Å²) in [5, 5.41) is 1.20. The minimum Gasteiger partial charge on any atom is -0.497 e. The van der Waals surface area contributed by atoms with Crippen LogP contribution in [-0.2, 0) is 5.41 Å². The van der Waals surface area contributed by atoms with E-state index >= 15 is 0 Å². The summed E-state index contributed by atoms with van der Waals surface area (Å²) in [6.07, 6.45) is 0. The van der Waals surface area contributed by atoms with Gasteiger partial charge in [0.2, 0.25) is 0 Å². The first-order valence-corrected chi connectivity index (χ1v) is 9.97. The lowest BCUT2D eigenvalue weighted by Crippen LogP contribution is -2.38. The van der Waals surface area contributed by atoms with Crippen LogP contribution in [0.1, 0.15) is 31.9 Å². The molecule has 0 N–H and O–H groups in total. The predicted octanol–water partition coefficient (Wildman–Crippen LogP) is 3.95. The Morgan fingerprint density at radius 2 is 1.71 bits per heavy atom. The zero-order chi connectivity index (χ0) is 13.4. The van der Waals surface area contributed by atoms with Crippen molar-refractivity contribution in [1.82, 2.24) is 0 Å². The standard InChI is InChI=1S/C14H23ClOSi/c1-10-8-11(14(2,3)4)13(16-5)12(9-10)17(6,7)15/h8-9H,1-7H3. The van der Waals surface area contributed by atoms with Crippen molar-refractivity contribution in [3.05, 3.63) is 23.3 Å². The van der Waals surface area contributed by atoms with Crippen molar-refractivity contribution < 1.29 is 4.74 Å². The van der Waals surface area contributed by atoms with Gasteiger partial charge in [-0.1, -0.05) is 51.6 Å². The van der Waals surface area contributed by atoms with Crippen LogP contribution in [0.2, 0.25) is 13.1 Å². The van der Waals surface area contributed by atoms with Gasteiger partial charge < -0.3 is 4.74 Å². The second-order valence-electron chi connectivity index (χ2n) is 6.12. The second kappa shape index (κ2) is 4.66. The van der Waals surface area contributed by atoms with Crippen molar-refractivity contribution >= 4 is 23.6 Å². The Balaban J connectivity index is 3.58. The van der Waals surface area contributed by atoms with Crippen molar-refractivity contribution in [1.29, 1.82) is 0 Å². The highest BCUT2D eigenvalue weighted by Crippen LogP contribution is 2.32. The molecule has 0 aliphatic rings. The van der Waals surface area contributed by atoms with E-state index < -0.39 is 7.38 Å². The summed E-state index contributed by atoms with van der Waals surface area (Å²) in [7, 11) is -0.157. The molecule has 0 saturated heterocycles. The molecule has 0 amide bonds. The van der Waals surface area contributed by atoms with E-state index in [0.29, 0.717) is 0 Å². The third kappa shape index (κ3) is 3.26. The van der Waals surface area contributed by atoms with Gasteiger partial charge in [0.25, 0.3) is 0 Å². The van der Waals surface area contributed by atoms with Crippen LogP contribution in [0.3, 0.4) is 0 Å². The molecule has 3 heteroatoms. The quantitative estimate of drug-likeness (QED) is 0.584. The highest BCUT2D eigenvalue weighted by Gasteiger charge is 2.29. The molecule has 0 atom stereocenters. The van der Waals surface area contributed by atoms with Gasteiger partial charge in [-0.25, -0.2) is 0 Å². The van der Waals surface area contributed by atoms with Gasteiger partial charge in [-0.15, -0.1) is 0 Å². The molecule has 1 nitrogen and oxygen atoms in total. The minimum atomic E-state index is -1.89. The SMILES string of the molecule is COc1c(C(C)(C)C)cc(C)cc1[Si](C)(C)Cl. The molecular weight excluding hydrogens is 248 g/mol. The number of halogens is 1. The molecule has 1 rings (SSSR count). The molecule has 0 heterocycles. The van der Waals surface area contributed by atoms with Crippen molar-refractivity contribution in [3.8, 4) is 5.75 Å². The summed E-state index contributed by atoms with van der Waals surface area (Å²) < 4.78 is 5.63. The van der Waals surface area contributed by atoms with E-state index in [1.54, 1.807) is 7.11 Å². The normalized spacial score (nSPS) is 12.7. The number of benzene rings is 1. The maximum absolute atomic E-state index is 6.60. The van der Waals surface area contributed by atoms with Gasteiger partial charge in [0.05, 0.1) is 7.11 Å². The molecule has 0 spiro atoms. The average Bonchev–Trinajstić information content (AvgIpc) is 2.13. The zero-order valence-electron chi connectivity index (χ0n) is 11.9. The molecule has 0 radical (unpaired) electrons. The monoisotopic (exact) mass is 270 g/mol. The molecule has 1 aromatic carbocycles. The smallest absolute Gasteiger partial charge is 0.185 e. The lowest BCUT2D eigenvalue weighted by molar-refractivity contribution is 0.400.